The summed E-state index contributed by atoms with van der Waals surface area (Å²) in [6, 6.07) is 23.2. The third-order valence-electron chi connectivity index (χ3n) is 11.0. The van der Waals surface area contributed by atoms with Crippen LogP contribution in [0, 0.1) is 12.8 Å². The lowest BCUT2D eigenvalue weighted by Gasteiger charge is -2.38. The Morgan fingerprint density at radius 2 is 1.57 bits per heavy atom. The maximum atomic E-state index is 14.3. The van der Waals surface area contributed by atoms with Crippen molar-refractivity contribution in [1.82, 2.24) is 28.8 Å². The van der Waals surface area contributed by atoms with Crippen molar-refractivity contribution in [2.24, 2.45) is 5.92 Å². The van der Waals surface area contributed by atoms with E-state index in [1.165, 1.54) is 5.56 Å². The second-order valence-electron chi connectivity index (χ2n) is 14.0. The van der Waals surface area contributed by atoms with Gasteiger partial charge in [0.2, 0.25) is 0 Å². The number of amides is 3. The summed E-state index contributed by atoms with van der Waals surface area (Å²) in [6.07, 6.45) is 9.89. The zero-order chi connectivity index (χ0) is 33.5. The number of fused-ring (bicyclic) bond motifs is 2. The normalized spacial score (nSPS) is 17.5. The first kappa shape index (κ1) is 31.4. The molecule has 252 valence electrons. The van der Waals surface area contributed by atoms with E-state index in [9.17, 15) is 9.59 Å². The number of likely N-dealkylation sites (N-methyl/N-ethyl adjacent to an activating group) is 1. The molecule has 49 heavy (non-hydrogen) atoms. The van der Waals surface area contributed by atoms with Gasteiger partial charge in [-0.25, -0.2) is 9.78 Å². The van der Waals surface area contributed by atoms with E-state index in [1.807, 2.05) is 33.3 Å². The summed E-state index contributed by atoms with van der Waals surface area (Å²) >= 11 is 0. The molecule has 3 aliphatic rings. The van der Waals surface area contributed by atoms with Gasteiger partial charge in [0.15, 0.2) is 0 Å². The smallest absolute Gasteiger partial charge is 0.324 e. The fourth-order valence-corrected chi connectivity index (χ4v) is 8.09. The summed E-state index contributed by atoms with van der Waals surface area (Å²) in [5.74, 6) is 1.47. The lowest BCUT2D eigenvalue weighted by molar-refractivity contribution is 0.0664. The van der Waals surface area contributed by atoms with Crippen LogP contribution in [0.2, 0.25) is 0 Å². The number of para-hydroxylation sites is 1. The number of likely N-dealkylation sites (tertiary alicyclic amines) is 1. The van der Waals surface area contributed by atoms with Gasteiger partial charge in [0.25, 0.3) is 5.91 Å². The predicted molar refractivity (Wildman–Crippen MR) is 194 cm³/mol. The van der Waals surface area contributed by atoms with Crippen LogP contribution in [0.15, 0.2) is 85.5 Å². The van der Waals surface area contributed by atoms with Gasteiger partial charge in [0.05, 0.1) is 18.1 Å². The number of hydrogen-bond donors (Lipinski definition) is 0. The summed E-state index contributed by atoms with van der Waals surface area (Å²) in [5.41, 5.74) is 6.05. The number of aryl methyl sites for hydroxylation is 1. The maximum Gasteiger partial charge on any atom is 0.324 e. The zero-order valence-corrected chi connectivity index (χ0v) is 28.6. The average molecular weight is 656 g/mol. The van der Waals surface area contributed by atoms with E-state index in [0.717, 1.165) is 123 Å². The number of piperidine rings is 1. The van der Waals surface area contributed by atoms with Gasteiger partial charge in [-0.2, -0.15) is 0 Å². The van der Waals surface area contributed by atoms with Gasteiger partial charge in [0, 0.05) is 75.5 Å². The van der Waals surface area contributed by atoms with Crippen molar-refractivity contribution in [3.63, 3.8) is 0 Å². The van der Waals surface area contributed by atoms with Crippen LogP contribution in [0.4, 0.5) is 10.5 Å². The number of imidazole rings is 1. The predicted octanol–water partition coefficient (Wildman–Crippen LogP) is 6.47. The van der Waals surface area contributed by atoms with Gasteiger partial charge in [-0.1, -0.05) is 60.7 Å². The van der Waals surface area contributed by atoms with Crippen LogP contribution in [0.1, 0.15) is 40.9 Å². The van der Waals surface area contributed by atoms with E-state index in [1.54, 1.807) is 0 Å². The van der Waals surface area contributed by atoms with Gasteiger partial charge in [-0.05, 0) is 73.5 Å². The van der Waals surface area contributed by atoms with E-state index in [-0.39, 0.29) is 11.9 Å². The van der Waals surface area contributed by atoms with Gasteiger partial charge in [-0.15, -0.1) is 0 Å². The van der Waals surface area contributed by atoms with Crippen LogP contribution in [0.25, 0.3) is 27.7 Å². The zero-order valence-electron chi connectivity index (χ0n) is 28.6. The fraction of sp³-hybridized carbons (Fsp3) is 0.375. The second kappa shape index (κ2) is 13.2. The lowest BCUT2D eigenvalue weighted by atomic mass is 9.96. The molecular formula is C40H45N7O2. The molecule has 9 heteroatoms. The van der Waals surface area contributed by atoms with Crippen molar-refractivity contribution >= 4 is 28.4 Å². The Hall–Kier alpha value is -4.89. The third-order valence-corrected chi connectivity index (χ3v) is 11.0. The van der Waals surface area contributed by atoms with Crippen molar-refractivity contribution in [1.29, 1.82) is 0 Å². The van der Waals surface area contributed by atoms with E-state index in [2.05, 4.69) is 99.9 Å². The molecule has 2 aromatic heterocycles. The number of piperazine rings is 1. The SMILES string of the molecule is Cc1c(C(=O)N2CCN(C)CC2)c(-c2cccc3ccccc23)cn1-c1cncn1CC1CCN(C(=O)N2CCCc3ccccc32)CC1. The number of anilines is 1. The third kappa shape index (κ3) is 5.90. The highest BCUT2D eigenvalue weighted by Gasteiger charge is 2.31. The molecule has 3 aromatic carbocycles. The van der Waals surface area contributed by atoms with Crippen LogP contribution >= 0.6 is 0 Å². The number of benzene rings is 3. The summed E-state index contributed by atoms with van der Waals surface area (Å²) < 4.78 is 4.40. The summed E-state index contributed by atoms with van der Waals surface area (Å²) in [4.78, 5) is 40.9. The van der Waals surface area contributed by atoms with Crippen molar-refractivity contribution in [2.75, 3.05) is 57.8 Å². The lowest BCUT2D eigenvalue weighted by Crippen LogP contribution is -2.48. The minimum atomic E-state index is 0.0896. The Morgan fingerprint density at radius 3 is 2.41 bits per heavy atom. The first-order chi connectivity index (χ1) is 24.0. The summed E-state index contributed by atoms with van der Waals surface area (Å²) in [5, 5.41) is 2.29. The molecular weight excluding hydrogens is 610 g/mol. The number of hydrogen-bond acceptors (Lipinski definition) is 4. The van der Waals surface area contributed by atoms with Crippen LogP contribution in [-0.2, 0) is 13.0 Å². The molecule has 0 aliphatic carbocycles. The maximum absolute atomic E-state index is 14.3. The van der Waals surface area contributed by atoms with Crippen molar-refractivity contribution in [2.45, 2.75) is 39.2 Å². The Labute approximate surface area is 288 Å². The molecule has 0 radical (unpaired) electrons. The summed E-state index contributed by atoms with van der Waals surface area (Å²) in [6.45, 7) is 8.36. The fourth-order valence-electron chi connectivity index (χ4n) is 8.09. The number of aromatic nitrogens is 3. The Morgan fingerprint density at radius 1 is 0.816 bits per heavy atom. The van der Waals surface area contributed by atoms with Gasteiger partial charge < -0.3 is 23.8 Å². The molecule has 5 heterocycles. The van der Waals surface area contributed by atoms with E-state index < -0.39 is 0 Å². The topological polar surface area (TPSA) is 69.9 Å². The van der Waals surface area contributed by atoms with Crippen LogP contribution in [0.5, 0.6) is 0 Å². The van der Waals surface area contributed by atoms with E-state index >= 15 is 0 Å². The van der Waals surface area contributed by atoms with Crippen LogP contribution in [-0.4, -0.2) is 93.6 Å². The minimum Gasteiger partial charge on any atom is -0.336 e. The molecule has 0 saturated carbocycles. The molecule has 5 aromatic rings. The number of carbonyl (C=O) groups excluding carboxylic acids is 2. The first-order valence-corrected chi connectivity index (χ1v) is 17.8. The summed E-state index contributed by atoms with van der Waals surface area (Å²) in [7, 11) is 2.11. The number of rotatable bonds is 5. The molecule has 0 atom stereocenters. The molecule has 0 bridgehead atoms. The van der Waals surface area contributed by atoms with Gasteiger partial charge in [0.1, 0.15) is 5.82 Å². The highest BCUT2D eigenvalue weighted by Crippen LogP contribution is 2.36. The highest BCUT2D eigenvalue weighted by molar-refractivity contribution is 6.07. The van der Waals surface area contributed by atoms with E-state index in [4.69, 9.17) is 0 Å². The monoisotopic (exact) mass is 655 g/mol. The molecule has 8 rings (SSSR count). The molecule has 2 saturated heterocycles. The van der Waals surface area contributed by atoms with Gasteiger partial charge in [-0.3, -0.25) is 9.69 Å². The van der Waals surface area contributed by atoms with Crippen molar-refractivity contribution < 1.29 is 9.59 Å². The number of carbonyl (C=O) groups is 2. The molecule has 0 spiro atoms. The molecule has 2 fully saturated rings. The molecule has 3 amide bonds. The quantitative estimate of drug-likeness (QED) is 0.218. The molecule has 9 nitrogen and oxygen atoms in total. The van der Waals surface area contributed by atoms with Crippen LogP contribution in [0.3, 0.4) is 0 Å². The number of urea groups is 1. The van der Waals surface area contributed by atoms with Crippen molar-refractivity contribution in [3.8, 4) is 16.9 Å². The highest BCUT2D eigenvalue weighted by atomic mass is 16.2. The molecule has 0 N–H and O–H groups in total. The average Bonchev–Trinajstić information content (AvgIpc) is 3.74. The largest absolute Gasteiger partial charge is 0.336 e. The van der Waals surface area contributed by atoms with Gasteiger partial charge >= 0.3 is 6.03 Å². The minimum absolute atomic E-state index is 0.0896. The molecule has 3 aliphatic heterocycles. The molecule has 0 unspecified atom stereocenters. The van der Waals surface area contributed by atoms with Crippen molar-refractivity contribution in [3.05, 3.63) is 102 Å². The van der Waals surface area contributed by atoms with E-state index in [0.29, 0.717) is 5.92 Å². The Bertz CT molecular complexity index is 1990. The Balaban J connectivity index is 1.05. The van der Waals surface area contributed by atoms with Crippen LogP contribution < -0.4 is 4.90 Å². The number of nitrogens with zero attached hydrogens (tertiary/aromatic N) is 7. The first-order valence-electron chi connectivity index (χ1n) is 17.8. The Kier molecular flexibility index (Phi) is 8.45. The second-order valence-corrected chi connectivity index (χ2v) is 14.0. The standard InChI is InChI=1S/C40H45N7O2/c1-29-38(39(48)43-23-21-42(2)22-24-43)35(34-14-7-11-31-9-3-5-13-33(31)34)27-47(29)37-25-41-28-45(37)26-30-16-19-44(20-17-30)40(49)46-18-8-12-32-10-4-6-15-36(32)46/h3-7,9-11,13-15,25,27-28,30H,8,12,16-24,26H2,1-2H3.